The summed E-state index contributed by atoms with van der Waals surface area (Å²) >= 11 is 6.25. The van der Waals surface area contributed by atoms with Gasteiger partial charge in [0.25, 0.3) is 0 Å². The van der Waals surface area contributed by atoms with Crippen molar-refractivity contribution >= 4 is 11.6 Å². The van der Waals surface area contributed by atoms with Crippen LogP contribution in [0.4, 0.5) is 0 Å². The monoisotopic (exact) mass is 256 g/mol. The van der Waals surface area contributed by atoms with E-state index in [1.54, 1.807) is 7.11 Å². The van der Waals surface area contributed by atoms with Crippen LogP contribution in [0.5, 0.6) is 5.75 Å². The molecule has 0 aliphatic rings. The molecule has 0 aliphatic heterocycles. The smallest absolute Gasteiger partial charge is 0.124 e. The van der Waals surface area contributed by atoms with Crippen molar-refractivity contribution in [1.29, 1.82) is 0 Å². The average Bonchev–Trinajstić information content (AvgIpc) is 2.23. The lowest BCUT2D eigenvalue weighted by molar-refractivity contribution is 0.375. The number of hydrogen-bond donors (Lipinski definition) is 2. The molecule has 4 heteroatoms. The van der Waals surface area contributed by atoms with Crippen LogP contribution in [-0.2, 0) is 0 Å². The molecule has 1 aromatic carbocycles. The lowest BCUT2D eigenvalue weighted by Crippen LogP contribution is -2.44. The Morgan fingerprint density at radius 2 is 1.88 bits per heavy atom. The number of ether oxygens (including phenoxy) is 1. The van der Waals surface area contributed by atoms with E-state index in [4.69, 9.17) is 27.8 Å². The third kappa shape index (κ3) is 2.73. The van der Waals surface area contributed by atoms with E-state index in [1.807, 2.05) is 33.8 Å². The summed E-state index contributed by atoms with van der Waals surface area (Å²) in [6, 6.07) is 1.58. The van der Waals surface area contributed by atoms with Gasteiger partial charge in [0.05, 0.1) is 13.2 Å². The van der Waals surface area contributed by atoms with Gasteiger partial charge in [-0.2, -0.15) is 0 Å². The van der Waals surface area contributed by atoms with Gasteiger partial charge < -0.3 is 16.2 Å². The van der Waals surface area contributed by atoms with Gasteiger partial charge in [-0.05, 0) is 44.9 Å². The minimum absolute atomic E-state index is 0.324. The molecule has 0 fully saturated rings. The third-order valence-corrected chi connectivity index (χ3v) is 3.61. The molecule has 0 heterocycles. The molecule has 0 radical (unpaired) electrons. The van der Waals surface area contributed by atoms with E-state index in [0.717, 1.165) is 27.5 Å². The fraction of sp³-hybridized carbons (Fsp3) is 0.538. The minimum Gasteiger partial charge on any atom is -0.496 e. The number of hydrogen-bond acceptors (Lipinski definition) is 3. The van der Waals surface area contributed by atoms with Crippen LogP contribution in [0.1, 0.15) is 36.6 Å². The highest BCUT2D eigenvalue weighted by Gasteiger charge is 2.28. The highest BCUT2D eigenvalue weighted by molar-refractivity contribution is 6.32. The predicted molar refractivity (Wildman–Crippen MR) is 72.7 cm³/mol. The molecule has 1 aromatic rings. The molecule has 17 heavy (non-hydrogen) atoms. The Morgan fingerprint density at radius 3 is 2.29 bits per heavy atom. The molecule has 0 amide bonds. The summed E-state index contributed by atoms with van der Waals surface area (Å²) in [7, 11) is 1.63. The van der Waals surface area contributed by atoms with Crippen LogP contribution in [-0.4, -0.2) is 12.6 Å². The molecule has 0 aliphatic carbocycles. The minimum atomic E-state index is -0.531. The number of aryl methyl sites for hydroxylation is 1. The van der Waals surface area contributed by atoms with Crippen molar-refractivity contribution in [2.75, 3.05) is 7.11 Å². The van der Waals surface area contributed by atoms with Crippen molar-refractivity contribution < 1.29 is 4.74 Å². The molecular weight excluding hydrogens is 236 g/mol. The van der Waals surface area contributed by atoms with E-state index < -0.39 is 5.54 Å². The maximum atomic E-state index is 6.25. The Labute approximate surface area is 108 Å². The SMILES string of the molecule is COc1cc(C)c(Cl)c(C)c1C(N)C(C)(C)N. The van der Waals surface area contributed by atoms with Gasteiger partial charge >= 0.3 is 0 Å². The second-order valence-electron chi connectivity index (χ2n) is 5.05. The Hall–Kier alpha value is -0.770. The van der Waals surface area contributed by atoms with E-state index in [9.17, 15) is 0 Å². The van der Waals surface area contributed by atoms with Crippen LogP contribution in [0.3, 0.4) is 0 Å². The lowest BCUT2D eigenvalue weighted by atomic mass is 9.86. The fourth-order valence-electron chi connectivity index (χ4n) is 1.86. The highest BCUT2D eigenvalue weighted by atomic mass is 35.5. The van der Waals surface area contributed by atoms with Crippen molar-refractivity contribution in [2.45, 2.75) is 39.3 Å². The Kier molecular flexibility index (Phi) is 4.07. The van der Waals surface area contributed by atoms with Crippen LogP contribution in [0.15, 0.2) is 6.07 Å². The van der Waals surface area contributed by atoms with Crippen LogP contribution in [0.25, 0.3) is 0 Å². The van der Waals surface area contributed by atoms with Gasteiger partial charge in [-0.3, -0.25) is 0 Å². The fourth-order valence-corrected chi connectivity index (χ4v) is 2.02. The van der Waals surface area contributed by atoms with Crippen LogP contribution in [0, 0.1) is 13.8 Å². The number of methoxy groups -OCH3 is 1. The van der Waals surface area contributed by atoms with E-state index in [2.05, 4.69) is 0 Å². The molecule has 3 nitrogen and oxygen atoms in total. The van der Waals surface area contributed by atoms with Crippen LogP contribution >= 0.6 is 11.6 Å². The van der Waals surface area contributed by atoms with Gasteiger partial charge in [-0.1, -0.05) is 11.6 Å². The second kappa shape index (κ2) is 4.84. The summed E-state index contributed by atoms with van der Waals surface area (Å²) in [5.41, 5.74) is 14.5. The van der Waals surface area contributed by atoms with Crippen molar-refractivity contribution in [3.05, 3.63) is 27.8 Å². The topological polar surface area (TPSA) is 61.3 Å². The molecular formula is C13H21ClN2O. The molecule has 0 spiro atoms. The number of halogens is 1. The predicted octanol–water partition coefficient (Wildman–Crippen LogP) is 2.70. The summed E-state index contributed by atoms with van der Waals surface area (Å²) in [6.07, 6.45) is 0. The molecule has 0 saturated heterocycles. The quantitative estimate of drug-likeness (QED) is 0.874. The normalized spacial score (nSPS) is 13.6. The first-order chi connectivity index (χ1) is 7.70. The van der Waals surface area contributed by atoms with Gasteiger partial charge in [0.2, 0.25) is 0 Å². The standard InChI is InChI=1S/C13H21ClN2O/c1-7-6-9(17-5)10(8(2)11(7)14)12(15)13(3,4)16/h6,12H,15-16H2,1-5H3. The van der Waals surface area contributed by atoms with Gasteiger partial charge in [-0.25, -0.2) is 0 Å². The van der Waals surface area contributed by atoms with Gasteiger partial charge in [0.1, 0.15) is 5.75 Å². The largest absolute Gasteiger partial charge is 0.496 e. The molecule has 1 unspecified atom stereocenters. The molecule has 0 aromatic heterocycles. The second-order valence-corrected chi connectivity index (χ2v) is 5.43. The van der Waals surface area contributed by atoms with Crippen molar-refractivity contribution in [3.63, 3.8) is 0 Å². The van der Waals surface area contributed by atoms with Crippen LogP contribution < -0.4 is 16.2 Å². The zero-order valence-electron chi connectivity index (χ0n) is 11.1. The summed E-state index contributed by atoms with van der Waals surface area (Å²) in [4.78, 5) is 0. The van der Waals surface area contributed by atoms with E-state index in [-0.39, 0.29) is 6.04 Å². The number of rotatable bonds is 3. The Bertz CT molecular complexity index is 424. The highest BCUT2D eigenvalue weighted by Crippen LogP contribution is 2.37. The van der Waals surface area contributed by atoms with E-state index >= 15 is 0 Å². The van der Waals surface area contributed by atoms with Gasteiger partial charge in [0.15, 0.2) is 0 Å². The number of nitrogens with two attached hydrogens (primary N) is 2. The van der Waals surface area contributed by atoms with Gasteiger partial charge in [-0.15, -0.1) is 0 Å². The van der Waals surface area contributed by atoms with Crippen molar-refractivity contribution in [3.8, 4) is 5.75 Å². The van der Waals surface area contributed by atoms with Crippen molar-refractivity contribution in [1.82, 2.24) is 0 Å². The lowest BCUT2D eigenvalue weighted by Gasteiger charge is -2.30. The summed E-state index contributed by atoms with van der Waals surface area (Å²) < 4.78 is 5.38. The molecule has 0 bridgehead atoms. The summed E-state index contributed by atoms with van der Waals surface area (Å²) in [5, 5.41) is 0.723. The average molecular weight is 257 g/mol. The zero-order valence-corrected chi connectivity index (χ0v) is 11.9. The third-order valence-electron chi connectivity index (χ3n) is 3.03. The Morgan fingerprint density at radius 1 is 1.35 bits per heavy atom. The maximum absolute atomic E-state index is 6.25. The summed E-state index contributed by atoms with van der Waals surface area (Å²) in [5.74, 6) is 0.746. The molecule has 96 valence electrons. The van der Waals surface area contributed by atoms with Gasteiger partial charge in [0, 0.05) is 16.1 Å². The first kappa shape index (κ1) is 14.3. The number of benzene rings is 1. The zero-order chi connectivity index (χ0) is 13.4. The molecule has 4 N–H and O–H groups in total. The Balaban J connectivity index is 3.46. The van der Waals surface area contributed by atoms with E-state index in [0.29, 0.717) is 0 Å². The van der Waals surface area contributed by atoms with Crippen LogP contribution in [0.2, 0.25) is 5.02 Å². The first-order valence-corrected chi connectivity index (χ1v) is 5.96. The first-order valence-electron chi connectivity index (χ1n) is 5.58. The molecule has 1 rings (SSSR count). The summed E-state index contributed by atoms with van der Waals surface area (Å²) in [6.45, 7) is 7.67. The van der Waals surface area contributed by atoms with E-state index in [1.165, 1.54) is 0 Å². The molecule has 1 atom stereocenters. The van der Waals surface area contributed by atoms with Crippen molar-refractivity contribution in [2.24, 2.45) is 11.5 Å². The molecule has 0 saturated carbocycles. The maximum Gasteiger partial charge on any atom is 0.124 e.